The lowest BCUT2D eigenvalue weighted by molar-refractivity contribution is 0.399. The first kappa shape index (κ1) is 8.51. The summed E-state index contributed by atoms with van der Waals surface area (Å²) >= 11 is 0. The van der Waals surface area contributed by atoms with E-state index in [1.165, 1.54) is 6.42 Å². The van der Waals surface area contributed by atoms with Gasteiger partial charge in [-0.3, -0.25) is 4.98 Å². The molecule has 2 heterocycles. The van der Waals surface area contributed by atoms with Crippen molar-refractivity contribution >= 4 is 0 Å². The second-order valence-electron chi connectivity index (χ2n) is 3.24. The zero-order valence-corrected chi connectivity index (χ0v) is 7.79. The molecule has 0 aromatic carbocycles. The zero-order chi connectivity index (χ0) is 9.10. The fraction of sp³-hybridized carbons (Fsp3) is 0.500. The van der Waals surface area contributed by atoms with E-state index < -0.39 is 0 Å². The van der Waals surface area contributed by atoms with E-state index in [1.807, 2.05) is 18.3 Å². The van der Waals surface area contributed by atoms with Crippen molar-refractivity contribution < 1.29 is 4.74 Å². The van der Waals surface area contributed by atoms with Crippen LogP contribution in [-0.4, -0.2) is 18.6 Å². The van der Waals surface area contributed by atoms with Crippen molar-refractivity contribution in [2.24, 2.45) is 0 Å². The number of hydrogen-bond acceptors (Lipinski definition) is 3. The van der Waals surface area contributed by atoms with Gasteiger partial charge in [-0.05, 0) is 31.5 Å². The number of rotatable bonds is 2. The second kappa shape index (κ2) is 3.75. The van der Waals surface area contributed by atoms with E-state index in [-0.39, 0.29) is 0 Å². The van der Waals surface area contributed by atoms with Crippen molar-refractivity contribution in [2.75, 3.05) is 13.7 Å². The number of aromatic nitrogens is 1. The summed E-state index contributed by atoms with van der Waals surface area (Å²) < 4.78 is 5.26. The van der Waals surface area contributed by atoms with E-state index in [2.05, 4.69) is 10.3 Å². The van der Waals surface area contributed by atoms with Crippen molar-refractivity contribution in [3.63, 3.8) is 0 Å². The fourth-order valence-corrected chi connectivity index (χ4v) is 1.76. The molecule has 1 aromatic heterocycles. The summed E-state index contributed by atoms with van der Waals surface area (Å²) in [5.41, 5.74) is 1.04. The molecule has 0 spiro atoms. The van der Waals surface area contributed by atoms with Gasteiger partial charge in [-0.1, -0.05) is 0 Å². The van der Waals surface area contributed by atoms with E-state index in [1.54, 1.807) is 7.11 Å². The van der Waals surface area contributed by atoms with E-state index in [0.717, 1.165) is 24.4 Å². The molecule has 1 aliphatic rings. The Morgan fingerprint density at radius 2 is 2.54 bits per heavy atom. The van der Waals surface area contributed by atoms with Gasteiger partial charge in [0.15, 0.2) is 0 Å². The summed E-state index contributed by atoms with van der Waals surface area (Å²) in [5.74, 6) is 0.891. The van der Waals surface area contributed by atoms with E-state index in [0.29, 0.717) is 6.04 Å². The first-order valence-corrected chi connectivity index (χ1v) is 4.64. The molecule has 70 valence electrons. The number of methoxy groups -OCH3 is 1. The normalized spacial score (nSPS) is 21.8. The maximum absolute atomic E-state index is 5.26. The molecule has 0 aliphatic carbocycles. The Labute approximate surface area is 78.1 Å². The minimum atomic E-state index is 0.385. The largest absolute Gasteiger partial charge is 0.495 e. The molecule has 0 amide bonds. The number of nitrogens with zero attached hydrogens (tertiary/aromatic N) is 1. The van der Waals surface area contributed by atoms with Gasteiger partial charge in [-0.2, -0.15) is 0 Å². The topological polar surface area (TPSA) is 34.1 Å². The lowest BCUT2D eigenvalue weighted by Gasteiger charge is -2.12. The third kappa shape index (κ3) is 1.65. The highest BCUT2D eigenvalue weighted by atomic mass is 16.5. The Balaban J connectivity index is 2.26. The highest BCUT2D eigenvalue weighted by Crippen LogP contribution is 2.28. The maximum atomic E-state index is 5.26. The van der Waals surface area contributed by atoms with Crippen LogP contribution in [0.2, 0.25) is 0 Å². The summed E-state index contributed by atoms with van der Waals surface area (Å²) in [4.78, 5) is 4.34. The van der Waals surface area contributed by atoms with Crippen molar-refractivity contribution in [1.82, 2.24) is 10.3 Å². The first-order valence-electron chi connectivity index (χ1n) is 4.64. The lowest BCUT2D eigenvalue weighted by Crippen LogP contribution is -2.15. The van der Waals surface area contributed by atoms with Crippen LogP contribution in [0.15, 0.2) is 18.3 Å². The summed E-state index contributed by atoms with van der Waals surface area (Å²) in [6, 6.07) is 4.25. The minimum Gasteiger partial charge on any atom is -0.495 e. The molecule has 1 atom stereocenters. The summed E-state index contributed by atoms with van der Waals surface area (Å²) in [6.07, 6.45) is 4.20. The van der Waals surface area contributed by atoms with Gasteiger partial charge in [0.25, 0.3) is 0 Å². The minimum absolute atomic E-state index is 0.385. The molecule has 0 bridgehead atoms. The van der Waals surface area contributed by atoms with Gasteiger partial charge >= 0.3 is 0 Å². The van der Waals surface area contributed by atoms with Crippen molar-refractivity contribution in [1.29, 1.82) is 0 Å². The molecule has 0 radical (unpaired) electrons. The van der Waals surface area contributed by atoms with Crippen LogP contribution in [0.5, 0.6) is 5.75 Å². The van der Waals surface area contributed by atoms with Gasteiger partial charge in [-0.15, -0.1) is 0 Å². The Morgan fingerprint density at radius 1 is 1.62 bits per heavy atom. The molecule has 0 saturated carbocycles. The summed E-state index contributed by atoms with van der Waals surface area (Å²) in [6.45, 7) is 1.09. The predicted octanol–water partition coefficient (Wildman–Crippen LogP) is 1.51. The van der Waals surface area contributed by atoms with Crippen molar-refractivity contribution in [3.8, 4) is 5.75 Å². The standard InChI is InChI=1S/C10H14N2O/c1-13-9-5-3-7-12-10(9)8-4-2-6-11-8/h3,5,7-8,11H,2,4,6H2,1H3/t8-/m0/s1. The molecule has 1 saturated heterocycles. The molecule has 3 heteroatoms. The zero-order valence-electron chi connectivity index (χ0n) is 7.79. The van der Waals surface area contributed by atoms with Gasteiger partial charge in [-0.25, -0.2) is 0 Å². The number of ether oxygens (including phenoxy) is 1. The van der Waals surface area contributed by atoms with Crippen LogP contribution in [-0.2, 0) is 0 Å². The number of hydrogen-bond donors (Lipinski definition) is 1. The van der Waals surface area contributed by atoms with E-state index in [9.17, 15) is 0 Å². The molecule has 1 aliphatic heterocycles. The highest BCUT2D eigenvalue weighted by Gasteiger charge is 2.20. The Kier molecular flexibility index (Phi) is 2.45. The molecular weight excluding hydrogens is 164 g/mol. The molecular formula is C10H14N2O. The van der Waals surface area contributed by atoms with Crippen LogP contribution in [0.25, 0.3) is 0 Å². The van der Waals surface area contributed by atoms with E-state index in [4.69, 9.17) is 4.74 Å². The SMILES string of the molecule is COc1cccnc1[C@@H]1CCCN1. The fourth-order valence-electron chi connectivity index (χ4n) is 1.76. The highest BCUT2D eigenvalue weighted by molar-refractivity contribution is 5.29. The number of nitrogens with one attached hydrogen (secondary N) is 1. The van der Waals surface area contributed by atoms with Crippen molar-refractivity contribution in [3.05, 3.63) is 24.0 Å². The van der Waals surface area contributed by atoms with Crippen LogP contribution < -0.4 is 10.1 Å². The molecule has 1 N–H and O–H groups in total. The monoisotopic (exact) mass is 178 g/mol. The first-order chi connectivity index (χ1) is 6.42. The molecule has 13 heavy (non-hydrogen) atoms. The van der Waals surface area contributed by atoms with Gasteiger partial charge in [0.05, 0.1) is 18.8 Å². The Morgan fingerprint density at radius 3 is 3.23 bits per heavy atom. The third-order valence-electron chi connectivity index (χ3n) is 2.41. The summed E-state index contributed by atoms with van der Waals surface area (Å²) in [5, 5.41) is 3.41. The van der Waals surface area contributed by atoms with Crippen LogP contribution in [0.1, 0.15) is 24.6 Å². The summed E-state index contributed by atoms with van der Waals surface area (Å²) in [7, 11) is 1.69. The maximum Gasteiger partial charge on any atom is 0.141 e. The molecule has 3 nitrogen and oxygen atoms in total. The van der Waals surface area contributed by atoms with Gasteiger partial charge in [0, 0.05) is 6.20 Å². The van der Waals surface area contributed by atoms with Crippen LogP contribution in [0.4, 0.5) is 0 Å². The Bertz CT molecular complexity index is 282. The molecule has 1 fully saturated rings. The van der Waals surface area contributed by atoms with Crippen LogP contribution >= 0.6 is 0 Å². The average molecular weight is 178 g/mol. The molecule has 1 aromatic rings. The van der Waals surface area contributed by atoms with Gasteiger partial charge in [0.1, 0.15) is 5.75 Å². The van der Waals surface area contributed by atoms with Gasteiger partial charge in [0.2, 0.25) is 0 Å². The predicted molar refractivity (Wildman–Crippen MR) is 50.8 cm³/mol. The average Bonchev–Trinajstić information content (AvgIpc) is 2.70. The quantitative estimate of drug-likeness (QED) is 0.745. The van der Waals surface area contributed by atoms with Crippen LogP contribution in [0.3, 0.4) is 0 Å². The van der Waals surface area contributed by atoms with Gasteiger partial charge < -0.3 is 10.1 Å². The van der Waals surface area contributed by atoms with Crippen molar-refractivity contribution in [2.45, 2.75) is 18.9 Å². The smallest absolute Gasteiger partial charge is 0.141 e. The van der Waals surface area contributed by atoms with Crippen LogP contribution in [0, 0.1) is 0 Å². The third-order valence-corrected chi connectivity index (χ3v) is 2.41. The Hall–Kier alpha value is -1.09. The number of pyridine rings is 1. The lowest BCUT2D eigenvalue weighted by atomic mass is 10.1. The van der Waals surface area contributed by atoms with E-state index >= 15 is 0 Å². The second-order valence-corrected chi connectivity index (χ2v) is 3.24. The molecule has 0 unspecified atom stereocenters. The molecule has 2 rings (SSSR count).